The Morgan fingerprint density at radius 2 is 2.22 bits per heavy atom. The lowest BCUT2D eigenvalue weighted by molar-refractivity contribution is 0.0982. The number of aromatic nitrogens is 1. The molecule has 90 valence electrons. The first-order chi connectivity index (χ1) is 8.63. The number of nitrogens with zero attached hydrogens (tertiary/aromatic N) is 2. The molecule has 1 unspecified atom stereocenters. The number of Topliss-reactive ketones (excluding diaryl/α,β-unsaturated/α-hetero) is 1. The molecule has 0 fully saturated rings. The minimum atomic E-state index is -0.935. The Bertz CT molecular complexity index is 620. The number of thiazole rings is 1. The van der Waals surface area contributed by atoms with Crippen LogP contribution in [0, 0.1) is 11.3 Å². The SMILES string of the molecule is N#CC(C(=O)c1cncs1)c1ccc(Cl)cc1Cl. The van der Waals surface area contributed by atoms with Crippen molar-refractivity contribution >= 4 is 40.3 Å². The average Bonchev–Trinajstić information content (AvgIpc) is 2.86. The number of hydrogen-bond donors (Lipinski definition) is 0. The summed E-state index contributed by atoms with van der Waals surface area (Å²) in [4.78, 5) is 16.4. The minimum Gasteiger partial charge on any atom is -0.291 e. The van der Waals surface area contributed by atoms with Crippen LogP contribution in [0.25, 0.3) is 0 Å². The Morgan fingerprint density at radius 1 is 1.44 bits per heavy atom. The van der Waals surface area contributed by atoms with Crippen molar-refractivity contribution in [1.29, 1.82) is 5.26 Å². The highest BCUT2D eigenvalue weighted by Crippen LogP contribution is 2.30. The lowest BCUT2D eigenvalue weighted by Crippen LogP contribution is -2.10. The normalized spacial score (nSPS) is 11.8. The van der Waals surface area contributed by atoms with Crippen molar-refractivity contribution in [2.75, 3.05) is 0 Å². The van der Waals surface area contributed by atoms with E-state index in [1.165, 1.54) is 23.6 Å². The molecule has 1 atom stereocenters. The predicted molar refractivity (Wildman–Crippen MR) is 71.3 cm³/mol. The van der Waals surface area contributed by atoms with Gasteiger partial charge in [-0.15, -0.1) is 11.3 Å². The van der Waals surface area contributed by atoms with Gasteiger partial charge >= 0.3 is 0 Å². The minimum absolute atomic E-state index is 0.302. The molecule has 2 rings (SSSR count). The molecular formula is C12H6Cl2N2OS. The zero-order valence-electron chi connectivity index (χ0n) is 8.93. The first kappa shape index (κ1) is 13.0. The van der Waals surface area contributed by atoms with E-state index in [1.807, 2.05) is 6.07 Å². The standard InChI is InChI=1S/C12H6Cl2N2OS/c13-7-1-2-8(10(14)3-7)9(4-15)12(17)11-5-16-6-18-11/h1-3,5-6,9H. The molecule has 0 spiro atoms. The molecule has 1 aromatic heterocycles. The maximum absolute atomic E-state index is 12.1. The third kappa shape index (κ3) is 2.54. The van der Waals surface area contributed by atoms with Crippen LogP contribution in [0.15, 0.2) is 29.9 Å². The molecule has 0 N–H and O–H groups in total. The molecule has 6 heteroatoms. The maximum atomic E-state index is 12.1. The van der Waals surface area contributed by atoms with Gasteiger partial charge in [-0.2, -0.15) is 5.26 Å². The molecule has 2 aromatic rings. The molecule has 18 heavy (non-hydrogen) atoms. The van der Waals surface area contributed by atoms with Gasteiger partial charge in [-0.1, -0.05) is 29.3 Å². The van der Waals surface area contributed by atoms with Gasteiger partial charge < -0.3 is 0 Å². The summed E-state index contributed by atoms with van der Waals surface area (Å²) in [6.07, 6.45) is 1.45. The van der Waals surface area contributed by atoms with Crippen LogP contribution in [0.4, 0.5) is 0 Å². The van der Waals surface area contributed by atoms with Crippen LogP contribution in [0.2, 0.25) is 10.0 Å². The van der Waals surface area contributed by atoms with Crippen molar-refractivity contribution in [1.82, 2.24) is 4.98 Å². The fraction of sp³-hybridized carbons (Fsp3) is 0.0833. The van der Waals surface area contributed by atoms with Crippen molar-refractivity contribution in [3.8, 4) is 6.07 Å². The Morgan fingerprint density at radius 3 is 2.78 bits per heavy atom. The highest BCUT2D eigenvalue weighted by Gasteiger charge is 2.25. The van der Waals surface area contributed by atoms with Crippen molar-refractivity contribution in [3.05, 3.63) is 50.4 Å². The van der Waals surface area contributed by atoms with Crippen LogP contribution in [0.5, 0.6) is 0 Å². The van der Waals surface area contributed by atoms with Crippen LogP contribution in [-0.4, -0.2) is 10.8 Å². The molecule has 1 aromatic carbocycles. The number of carbonyl (C=O) groups excluding carboxylic acids is 1. The van der Waals surface area contributed by atoms with Crippen LogP contribution in [0.1, 0.15) is 21.2 Å². The second-order valence-electron chi connectivity index (χ2n) is 3.46. The number of benzene rings is 1. The van der Waals surface area contributed by atoms with Crippen LogP contribution < -0.4 is 0 Å². The Labute approximate surface area is 118 Å². The van der Waals surface area contributed by atoms with Gasteiger partial charge in [0.15, 0.2) is 5.78 Å². The molecule has 0 saturated carbocycles. The number of carbonyl (C=O) groups is 1. The van der Waals surface area contributed by atoms with Gasteiger partial charge in [-0.05, 0) is 17.7 Å². The third-order valence-electron chi connectivity index (χ3n) is 2.34. The Balaban J connectivity index is 2.41. The highest BCUT2D eigenvalue weighted by molar-refractivity contribution is 7.11. The van der Waals surface area contributed by atoms with E-state index in [0.717, 1.165) is 0 Å². The van der Waals surface area contributed by atoms with Crippen molar-refractivity contribution < 1.29 is 4.79 Å². The lowest BCUT2D eigenvalue weighted by atomic mass is 9.95. The molecule has 0 aliphatic rings. The smallest absolute Gasteiger partial charge is 0.196 e. The molecule has 0 aliphatic carbocycles. The van der Waals surface area contributed by atoms with Gasteiger partial charge in [0, 0.05) is 16.2 Å². The first-order valence-corrected chi connectivity index (χ1v) is 6.54. The topological polar surface area (TPSA) is 53.8 Å². The number of hydrogen-bond acceptors (Lipinski definition) is 4. The third-order valence-corrected chi connectivity index (χ3v) is 3.69. The summed E-state index contributed by atoms with van der Waals surface area (Å²) in [6, 6.07) is 6.68. The monoisotopic (exact) mass is 296 g/mol. The van der Waals surface area contributed by atoms with E-state index in [9.17, 15) is 4.79 Å². The largest absolute Gasteiger partial charge is 0.291 e. The van der Waals surface area contributed by atoms with Crippen molar-refractivity contribution in [2.45, 2.75) is 5.92 Å². The van der Waals surface area contributed by atoms with E-state index in [4.69, 9.17) is 28.5 Å². The molecule has 0 aliphatic heterocycles. The van der Waals surface area contributed by atoms with Crippen molar-refractivity contribution in [3.63, 3.8) is 0 Å². The average molecular weight is 297 g/mol. The summed E-state index contributed by atoms with van der Waals surface area (Å²) < 4.78 is 0. The molecule has 0 saturated heterocycles. The number of nitriles is 1. The summed E-state index contributed by atoms with van der Waals surface area (Å²) in [6.45, 7) is 0. The summed E-state index contributed by atoms with van der Waals surface area (Å²) in [7, 11) is 0. The predicted octanol–water partition coefficient (Wildman–Crippen LogP) is 3.94. The zero-order chi connectivity index (χ0) is 13.1. The van der Waals surface area contributed by atoms with Gasteiger partial charge in [-0.3, -0.25) is 9.78 Å². The van der Waals surface area contributed by atoms with Crippen LogP contribution in [0.3, 0.4) is 0 Å². The van der Waals surface area contributed by atoms with E-state index in [2.05, 4.69) is 4.98 Å². The Kier molecular flexibility index (Phi) is 3.97. The van der Waals surface area contributed by atoms with E-state index >= 15 is 0 Å². The van der Waals surface area contributed by atoms with Gasteiger partial charge in [0.25, 0.3) is 0 Å². The van der Waals surface area contributed by atoms with E-state index in [1.54, 1.807) is 17.6 Å². The van der Waals surface area contributed by atoms with Gasteiger partial charge in [0.05, 0.1) is 16.5 Å². The molecule has 3 nitrogen and oxygen atoms in total. The first-order valence-electron chi connectivity index (χ1n) is 4.90. The highest BCUT2D eigenvalue weighted by atomic mass is 35.5. The summed E-state index contributed by atoms with van der Waals surface area (Å²) >= 11 is 13.0. The lowest BCUT2D eigenvalue weighted by Gasteiger charge is -2.09. The van der Waals surface area contributed by atoms with E-state index in [0.29, 0.717) is 20.5 Å². The fourth-order valence-electron chi connectivity index (χ4n) is 1.48. The molecule has 0 amide bonds. The Hall–Kier alpha value is -1.41. The summed E-state index contributed by atoms with van der Waals surface area (Å²) in [5.74, 6) is -1.24. The molecule has 0 bridgehead atoms. The zero-order valence-corrected chi connectivity index (χ0v) is 11.3. The van der Waals surface area contributed by atoms with Gasteiger partial charge in [0.1, 0.15) is 5.92 Å². The summed E-state index contributed by atoms with van der Waals surface area (Å²) in [5.41, 5.74) is 2.01. The quantitative estimate of drug-likeness (QED) is 0.806. The number of halogens is 2. The number of rotatable bonds is 3. The van der Waals surface area contributed by atoms with E-state index in [-0.39, 0.29) is 5.78 Å². The molecule has 0 radical (unpaired) electrons. The molecule has 1 heterocycles. The van der Waals surface area contributed by atoms with Crippen LogP contribution in [-0.2, 0) is 0 Å². The maximum Gasteiger partial charge on any atom is 0.196 e. The second-order valence-corrected chi connectivity index (χ2v) is 5.19. The number of ketones is 1. The fourth-order valence-corrected chi connectivity index (χ4v) is 2.59. The van der Waals surface area contributed by atoms with E-state index < -0.39 is 5.92 Å². The molecular weight excluding hydrogens is 291 g/mol. The van der Waals surface area contributed by atoms with Crippen molar-refractivity contribution in [2.24, 2.45) is 0 Å². The van der Waals surface area contributed by atoms with Gasteiger partial charge in [0.2, 0.25) is 0 Å². The summed E-state index contributed by atoms with van der Waals surface area (Å²) in [5, 5.41) is 9.94. The van der Waals surface area contributed by atoms with Crippen LogP contribution >= 0.6 is 34.5 Å². The second kappa shape index (κ2) is 5.49. The van der Waals surface area contributed by atoms with Gasteiger partial charge in [-0.25, -0.2) is 0 Å².